The van der Waals surface area contributed by atoms with Gasteiger partial charge in [-0.25, -0.2) is 0 Å². The minimum absolute atomic E-state index is 0.916. The van der Waals surface area contributed by atoms with Crippen LogP contribution in [0.15, 0.2) is 0 Å². The van der Waals surface area contributed by atoms with E-state index in [1.165, 1.54) is 43.9 Å². The van der Waals surface area contributed by atoms with E-state index >= 15 is 0 Å². The second-order valence-electron chi connectivity index (χ2n) is 3.19. The van der Waals surface area contributed by atoms with Crippen LogP contribution in [0.25, 0.3) is 0 Å². The lowest BCUT2D eigenvalue weighted by molar-refractivity contribution is 0.639. The van der Waals surface area contributed by atoms with Crippen LogP contribution in [-0.2, 0) is 0 Å². The molecule has 0 aromatic rings. The standard InChI is InChI=1S/C9H19NS2/c1-11-6-3-5-10-8-9-4-2-7-12-9/h9-10H,2-8H2,1H3. The molecule has 1 nitrogen and oxygen atoms in total. The van der Waals surface area contributed by atoms with E-state index in [1.54, 1.807) is 0 Å². The number of nitrogens with one attached hydrogen (secondary N) is 1. The molecule has 0 aromatic carbocycles. The van der Waals surface area contributed by atoms with Crippen LogP contribution in [-0.4, -0.2) is 36.1 Å². The Kier molecular flexibility index (Phi) is 6.35. The normalized spacial score (nSPS) is 23.2. The van der Waals surface area contributed by atoms with Crippen molar-refractivity contribution in [2.45, 2.75) is 24.5 Å². The molecule has 0 saturated carbocycles. The van der Waals surface area contributed by atoms with Crippen LogP contribution in [0.4, 0.5) is 0 Å². The summed E-state index contributed by atoms with van der Waals surface area (Å²) in [7, 11) is 0. The lowest BCUT2D eigenvalue weighted by atomic mass is 10.2. The van der Waals surface area contributed by atoms with Gasteiger partial charge < -0.3 is 5.32 Å². The van der Waals surface area contributed by atoms with E-state index in [1.807, 2.05) is 11.8 Å². The highest BCUT2D eigenvalue weighted by atomic mass is 32.2. The zero-order valence-corrected chi connectivity index (χ0v) is 9.48. The third-order valence-electron chi connectivity index (χ3n) is 2.10. The van der Waals surface area contributed by atoms with Gasteiger partial charge in [0, 0.05) is 11.8 Å². The van der Waals surface area contributed by atoms with Crippen LogP contribution in [0.3, 0.4) is 0 Å². The van der Waals surface area contributed by atoms with Gasteiger partial charge in [-0.3, -0.25) is 0 Å². The molecule has 0 amide bonds. The van der Waals surface area contributed by atoms with Crippen LogP contribution < -0.4 is 5.32 Å². The fourth-order valence-electron chi connectivity index (χ4n) is 1.41. The molecule has 0 bridgehead atoms. The second kappa shape index (κ2) is 7.10. The molecular formula is C9H19NS2. The first-order chi connectivity index (χ1) is 5.93. The first-order valence-electron chi connectivity index (χ1n) is 4.74. The fourth-order valence-corrected chi connectivity index (χ4v) is 3.08. The molecule has 1 heterocycles. The Morgan fingerprint density at radius 2 is 2.50 bits per heavy atom. The molecule has 0 aromatic heterocycles. The lowest BCUT2D eigenvalue weighted by Crippen LogP contribution is -2.24. The van der Waals surface area contributed by atoms with Gasteiger partial charge in [-0.2, -0.15) is 23.5 Å². The number of thioether (sulfide) groups is 2. The van der Waals surface area contributed by atoms with Gasteiger partial charge in [-0.1, -0.05) is 0 Å². The van der Waals surface area contributed by atoms with E-state index in [9.17, 15) is 0 Å². The van der Waals surface area contributed by atoms with Crippen LogP contribution in [0, 0.1) is 0 Å². The Labute approximate surface area is 84.4 Å². The maximum atomic E-state index is 3.53. The van der Waals surface area contributed by atoms with Crippen LogP contribution >= 0.6 is 23.5 Å². The molecule has 12 heavy (non-hydrogen) atoms. The summed E-state index contributed by atoms with van der Waals surface area (Å²) in [5, 5.41) is 4.44. The summed E-state index contributed by atoms with van der Waals surface area (Å²) >= 11 is 4.08. The summed E-state index contributed by atoms with van der Waals surface area (Å²) < 4.78 is 0. The molecule has 1 aliphatic rings. The Hall–Kier alpha value is 0.660. The highest BCUT2D eigenvalue weighted by Crippen LogP contribution is 2.25. The van der Waals surface area contributed by atoms with E-state index in [2.05, 4.69) is 23.3 Å². The number of rotatable bonds is 6. The van der Waals surface area contributed by atoms with Crippen LogP contribution in [0.5, 0.6) is 0 Å². The van der Waals surface area contributed by atoms with Crippen molar-refractivity contribution < 1.29 is 0 Å². The van der Waals surface area contributed by atoms with Crippen molar-refractivity contribution in [2.24, 2.45) is 0 Å². The molecule has 1 rings (SSSR count). The number of hydrogen-bond acceptors (Lipinski definition) is 3. The molecule has 1 fully saturated rings. The Balaban J connectivity index is 1.81. The van der Waals surface area contributed by atoms with E-state index < -0.39 is 0 Å². The van der Waals surface area contributed by atoms with Crippen LogP contribution in [0.2, 0.25) is 0 Å². The van der Waals surface area contributed by atoms with E-state index in [-0.39, 0.29) is 0 Å². The molecule has 1 unspecified atom stereocenters. The predicted octanol–water partition coefficient (Wildman–Crippen LogP) is 2.22. The molecule has 3 heteroatoms. The quantitative estimate of drug-likeness (QED) is 0.668. The predicted molar refractivity (Wildman–Crippen MR) is 61.3 cm³/mol. The van der Waals surface area contributed by atoms with E-state index in [0.717, 1.165) is 5.25 Å². The summed E-state index contributed by atoms with van der Waals surface area (Å²) in [6, 6.07) is 0. The molecule has 1 saturated heterocycles. The van der Waals surface area contributed by atoms with Crippen molar-refractivity contribution in [3.05, 3.63) is 0 Å². The maximum Gasteiger partial charge on any atom is 0.0172 e. The Morgan fingerprint density at radius 1 is 1.58 bits per heavy atom. The Bertz CT molecular complexity index is 103. The first kappa shape index (κ1) is 10.7. The zero-order valence-electron chi connectivity index (χ0n) is 7.84. The van der Waals surface area contributed by atoms with Crippen molar-refractivity contribution in [1.29, 1.82) is 0 Å². The summed E-state index contributed by atoms with van der Waals surface area (Å²) in [5.41, 5.74) is 0. The maximum absolute atomic E-state index is 3.53. The fraction of sp³-hybridized carbons (Fsp3) is 1.00. The van der Waals surface area contributed by atoms with Crippen molar-refractivity contribution in [1.82, 2.24) is 5.32 Å². The lowest BCUT2D eigenvalue weighted by Gasteiger charge is -2.09. The Morgan fingerprint density at radius 3 is 3.17 bits per heavy atom. The highest BCUT2D eigenvalue weighted by Gasteiger charge is 2.13. The van der Waals surface area contributed by atoms with Gasteiger partial charge in [-0.15, -0.1) is 0 Å². The topological polar surface area (TPSA) is 12.0 Å². The van der Waals surface area contributed by atoms with Crippen molar-refractivity contribution in [3.63, 3.8) is 0 Å². The molecule has 72 valence electrons. The van der Waals surface area contributed by atoms with Crippen LogP contribution in [0.1, 0.15) is 19.3 Å². The largest absolute Gasteiger partial charge is 0.316 e. The molecule has 1 atom stereocenters. The molecule has 1 N–H and O–H groups in total. The summed E-state index contributed by atoms with van der Waals surface area (Å²) in [6.07, 6.45) is 6.35. The zero-order chi connectivity index (χ0) is 8.65. The van der Waals surface area contributed by atoms with E-state index in [0.29, 0.717) is 0 Å². The van der Waals surface area contributed by atoms with Gasteiger partial charge in [-0.05, 0) is 43.6 Å². The third kappa shape index (κ3) is 4.63. The molecule has 0 aliphatic carbocycles. The molecule has 1 aliphatic heterocycles. The highest BCUT2D eigenvalue weighted by molar-refractivity contribution is 8.00. The van der Waals surface area contributed by atoms with Crippen molar-refractivity contribution >= 4 is 23.5 Å². The second-order valence-corrected chi connectivity index (χ2v) is 5.58. The minimum Gasteiger partial charge on any atom is -0.316 e. The molecular weight excluding hydrogens is 186 g/mol. The van der Waals surface area contributed by atoms with Crippen molar-refractivity contribution in [2.75, 3.05) is 30.9 Å². The molecule has 0 spiro atoms. The SMILES string of the molecule is CSCCCNCC1CCCS1. The summed E-state index contributed by atoms with van der Waals surface area (Å²) in [6.45, 7) is 2.44. The first-order valence-corrected chi connectivity index (χ1v) is 7.19. The average Bonchev–Trinajstić information content (AvgIpc) is 2.57. The minimum atomic E-state index is 0.916. The average molecular weight is 205 g/mol. The third-order valence-corrected chi connectivity index (χ3v) is 4.19. The van der Waals surface area contributed by atoms with Gasteiger partial charge >= 0.3 is 0 Å². The summed E-state index contributed by atoms with van der Waals surface area (Å²) in [4.78, 5) is 0. The van der Waals surface area contributed by atoms with Crippen molar-refractivity contribution in [3.8, 4) is 0 Å². The molecule has 0 radical (unpaired) electrons. The smallest absolute Gasteiger partial charge is 0.0172 e. The van der Waals surface area contributed by atoms with Gasteiger partial charge in [0.15, 0.2) is 0 Å². The van der Waals surface area contributed by atoms with Gasteiger partial charge in [0.05, 0.1) is 0 Å². The summed E-state index contributed by atoms with van der Waals surface area (Å²) in [5.74, 6) is 2.68. The number of hydrogen-bond donors (Lipinski definition) is 1. The van der Waals surface area contributed by atoms with Gasteiger partial charge in [0.2, 0.25) is 0 Å². The van der Waals surface area contributed by atoms with E-state index in [4.69, 9.17) is 0 Å². The monoisotopic (exact) mass is 205 g/mol. The van der Waals surface area contributed by atoms with Gasteiger partial charge in [0.25, 0.3) is 0 Å². The van der Waals surface area contributed by atoms with Gasteiger partial charge in [0.1, 0.15) is 0 Å².